The average molecular weight is 224 g/mol. The summed E-state index contributed by atoms with van der Waals surface area (Å²) in [4.78, 5) is 0. The fraction of sp³-hybridized carbons (Fsp3) is 0. The molecule has 0 aliphatic rings. The van der Waals surface area contributed by atoms with Gasteiger partial charge in [-0.3, -0.25) is 0 Å². The molecule has 4 heteroatoms. The van der Waals surface area contributed by atoms with Gasteiger partial charge in [0.25, 0.3) is 0 Å². The summed E-state index contributed by atoms with van der Waals surface area (Å²) < 4.78 is 39.4. The van der Waals surface area contributed by atoms with E-state index in [0.29, 0.717) is 12.1 Å². The monoisotopic (exact) mass is 224 g/mol. The molecule has 0 saturated heterocycles. The van der Waals surface area contributed by atoms with E-state index in [-0.39, 0.29) is 16.9 Å². The normalized spacial score (nSPS) is 10.4. The number of benzene rings is 2. The van der Waals surface area contributed by atoms with Gasteiger partial charge in [0, 0.05) is 12.1 Å². The molecule has 82 valence electrons. The zero-order valence-corrected chi connectivity index (χ0v) is 8.05. The molecule has 1 N–H and O–H groups in total. The largest absolute Gasteiger partial charge is 0.508 e. The van der Waals surface area contributed by atoms with Gasteiger partial charge in [0.1, 0.15) is 23.2 Å². The van der Waals surface area contributed by atoms with Gasteiger partial charge >= 0.3 is 0 Å². The first kappa shape index (κ1) is 10.5. The molecule has 0 aliphatic heterocycles. The maximum absolute atomic E-state index is 13.4. The van der Waals surface area contributed by atoms with Gasteiger partial charge in [0.15, 0.2) is 0 Å². The third kappa shape index (κ3) is 1.86. The average Bonchev–Trinajstić information content (AvgIpc) is 2.19. The van der Waals surface area contributed by atoms with Crippen LogP contribution in [-0.4, -0.2) is 5.11 Å². The van der Waals surface area contributed by atoms with Gasteiger partial charge in [0.2, 0.25) is 0 Å². The summed E-state index contributed by atoms with van der Waals surface area (Å²) in [5.74, 6) is -2.91. The van der Waals surface area contributed by atoms with Gasteiger partial charge in [-0.15, -0.1) is 0 Å². The molecule has 2 rings (SSSR count). The smallest absolute Gasteiger partial charge is 0.136 e. The van der Waals surface area contributed by atoms with E-state index in [0.717, 1.165) is 0 Å². The van der Waals surface area contributed by atoms with E-state index in [2.05, 4.69) is 0 Å². The lowest BCUT2D eigenvalue weighted by Crippen LogP contribution is -1.92. The number of hydrogen-bond donors (Lipinski definition) is 1. The molecule has 0 radical (unpaired) electrons. The minimum atomic E-state index is -0.969. The third-order valence-corrected chi connectivity index (χ3v) is 2.16. The van der Waals surface area contributed by atoms with E-state index in [1.54, 1.807) is 0 Å². The van der Waals surface area contributed by atoms with E-state index in [1.807, 2.05) is 0 Å². The standard InChI is InChI=1S/C12H7F3O/c13-8-5-10(14)12(11(15)6-8)7-1-3-9(16)4-2-7/h1-6,16H. The molecule has 0 bridgehead atoms. The highest BCUT2D eigenvalue weighted by atomic mass is 19.1. The number of hydrogen-bond acceptors (Lipinski definition) is 1. The summed E-state index contributed by atoms with van der Waals surface area (Å²) >= 11 is 0. The quantitative estimate of drug-likeness (QED) is 0.786. The number of phenols is 1. The fourth-order valence-electron chi connectivity index (χ4n) is 1.45. The van der Waals surface area contributed by atoms with E-state index in [1.165, 1.54) is 24.3 Å². The Kier molecular flexibility index (Phi) is 2.56. The van der Waals surface area contributed by atoms with E-state index >= 15 is 0 Å². The van der Waals surface area contributed by atoms with Crippen LogP contribution in [0.1, 0.15) is 0 Å². The Labute approximate surface area is 89.8 Å². The molecule has 2 aromatic carbocycles. The van der Waals surface area contributed by atoms with Crippen LogP contribution in [0.4, 0.5) is 13.2 Å². The molecule has 0 amide bonds. The Hall–Kier alpha value is -1.97. The van der Waals surface area contributed by atoms with Crippen molar-refractivity contribution in [2.45, 2.75) is 0 Å². The summed E-state index contributed by atoms with van der Waals surface area (Å²) in [5, 5.41) is 9.04. The molecule has 0 fully saturated rings. The van der Waals surface area contributed by atoms with Crippen molar-refractivity contribution in [3.8, 4) is 16.9 Å². The van der Waals surface area contributed by atoms with Crippen molar-refractivity contribution in [1.82, 2.24) is 0 Å². The maximum Gasteiger partial charge on any atom is 0.136 e. The summed E-state index contributed by atoms with van der Waals surface area (Å²) in [5.41, 5.74) is -0.0609. The molecule has 0 atom stereocenters. The van der Waals surface area contributed by atoms with Gasteiger partial charge in [-0.2, -0.15) is 0 Å². The van der Waals surface area contributed by atoms with Crippen molar-refractivity contribution in [3.05, 3.63) is 53.8 Å². The Balaban J connectivity index is 2.60. The molecule has 1 nitrogen and oxygen atoms in total. The van der Waals surface area contributed by atoms with Crippen LogP contribution in [0.25, 0.3) is 11.1 Å². The van der Waals surface area contributed by atoms with E-state index in [4.69, 9.17) is 5.11 Å². The van der Waals surface area contributed by atoms with E-state index < -0.39 is 17.5 Å². The Bertz CT molecular complexity index is 497. The molecule has 0 aliphatic carbocycles. The molecular weight excluding hydrogens is 217 g/mol. The van der Waals surface area contributed by atoms with Crippen molar-refractivity contribution in [2.24, 2.45) is 0 Å². The predicted molar refractivity (Wildman–Crippen MR) is 53.4 cm³/mol. The highest BCUT2D eigenvalue weighted by Crippen LogP contribution is 2.28. The number of phenolic OH excluding ortho intramolecular Hbond substituents is 1. The molecular formula is C12H7F3O. The van der Waals surface area contributed by atoms with Crippen LogP contribution in [0, 0.1) is 17.5 Å². The van der Waals surface area contributed by atoms with Crippen molar-refractivity contribution in [2.75, 3.05) is 0 Å². The number of rotatable bonds is 1. The molecule has 0 saturated carbocycles. The van der Waals surface area contributed by atoms with Crippen LogP contribution in [0.3, 0.4) is 0 Å². The fourth-order valence-corrected chi connectivity index (χ4v) is 1.45. The minimum Gasteiger partial charge on any atom is -0.508 e. The second-order valence-electron chi connectivity index (χ2n) is 3.29. The first-order valence-corrected chi connectivity index (χ1v) is 4.52. The van der Waals surface area contributed by atoms with Gasteiger partial charge in [-0.05, 0) is 17.7 Å². The van der Waals surface area contributed by atoms with Crippen LogP contribution in [0.15, 0.2) is 36.4 Å². The lowest BCUT2D eigenvalue weighted by molar-refractivity contribution is 0.475. The first-order chi connectivity index (χ1) is 7.58. The maximum atomic E-state index is 13.4. The molecule has 0 aromatic heterocycles. The Morgan fingerprint density at radius 1 is 0.812 bits per heavy atom. The van der Waals surface area contributed by atoms with Crippen molar-refractivity contribution >= 4 is 0 Å². The van der Waals surface area contributed by atoms with Crippen LogP contribution in [0.5, 0.6) is 5.75 Å². The van der Waals surface area contributed by atoms with Crippen molar-refractivity contribution < 1.29 is 18.3 Å². The highest BCUT2D eigenvalue weighted by Gasteiger charge is 2.13. The van der Waals surface area contributed by atoms with Crippen molar-refractivity contribution in [3.63, 3.8) is 0 Å². The van der Waals surface area contributed by atoms with Crippen LogP contribution in [0.2, 0.25) is 0 Å². The van der Waals surface area contributed by atoms with Gasteiger partial charge in [-0.1, -0.05) is 12.1 Å². The molecule has 0 heterocycles. The topological polar surface area (TPSA) is 20.2 Å². The Morgan fingerprint density at radius 3 is 1.81 bits per heavy atom. The SMILES string of the molecule is Oc1ccc(-c2c(F)cc(F)cc2F)cc1. The van der Waals surface area contributed by atoms with Crippen molar-refractivity contribution in [1.29, 1.82) is 0 Å². The molecule has 0 spiro atoms. The summed E-state index contributed by atoms with van der Waals surface area (Å²) in [6.45, 7) is 0. The second kappa shape index (κ2) is 3.89. The zero-order chi connectivity index (χ0) is 11.7. The first-order valence-electron chi connectivity index (χ1n) is 4.52. The Morgan fingerprint density at radius 2 is 1.31 bits per heavy atom. The van der Waals surface area contributed by atoms with Crippen LogP contribution >= 0.6 is 0 Å². The summed E-state index contributed by atoms with van der Waals surface area (Å²) in [7, 11) is 0. The number of halogens is 3. The van der Waals surface area contributed by atoms with Gasteiger partial charge in [-0.25, -0.2) is 13.2 Å². The van der Waals surface area contributed by atoms with Crippen LogP contribution < -0.4 is 0 Å². The van der Waals surface area contributed by atoms with Crippen LogP contribution in [-0.2, 0) is 0 Å². The predicted octanol–water partition coefficient (Wildman–Crippen LogP) is 3.48. The zero-order valence-electron chi connectivity index (χ0n) is 8.05. The lowest BCUT2D eigenvalue weighted by Gasteiger charge is -2.05. The second-order valence-corrected chi connectivity index (χ2v) is 3.29. The lowest BCUT2D eigenvalue weighted by atomic mass is 10.0. The molecule has 16 heavy (non-hydrogen) atoms. The van der Waals surface area contributed by atoms with Gasteiger partial charge < -0.3 is 5.11 Å². The summed E-state index contributed by atoms with van der Waals surface area (Å²) in [6.07, 6.45) is 0. The molecule has 0 unspecified atom stereocenters. The highest BCUT2D eigenvalue weighted by molar-refractivity contribution is 5.65. The third-order valence-electron chi connectivity index (χ3n) is 2.16. The number of aromatic hydroxyl groups is 1. The summed E-state index contributed by atoms with van der Waals surface area (Å²) in [6, 6.07) is 6.55. The molecule has 2 aromatic rings. The van der Waals surface area contributed by atoms with Gasteiger partial charge in [0.05, 0.1) is 5.56 Å². The van der Waals surface area contributed by atoms with E-state index in [9.17, 15) is 13.2 Å². The minimum absolute atomic E-state index is 0.00771.